The van der Waals surface area contributed by atoms with Gasteiger partial charge in [0.25, 0.3) is 0 Å². The van der Waals surface area contributed by atoms with Gasteiger partial charge in [-0.3, -0.25) is 10.1 Å². The van der Waals surface area contributed by atoms with E-state index in [-0.39, 0.29) is 5.91 Å². The first-order chi connectivity index (χ1) is 12.1. The molecule has 2 N–H and O–H groups in total. The molecular weight excluding hydrogens is 352 g/mol. The summed E-state index contributed by atoms with van der Waals surface area (Å²) < 4.78 is 0. The van der Waals surface area contributed by atoms with E-state index < -0.39 is 6.04 Å². The molecule has 0 aliphatic rings. The number of benzene rings is 2. The van der Waals surface area contributed by atoms with Crippen LogP contribution in [0, 0.1) is 6.92 Å². The monoisotopic (exact) mass is 370 g/mol. The van der Waals surface area contributed by atoms with Crippen LogP contribution in [0.25, 0.3) is 0 Å². The molecule has 0 radical (unpaired) electrons. The van der Waals surface area contributed by atoms with Gasteiger partial charge in [0.15, 0.2) is 0 Å². The second-order valence-electron chi connectivity index (χ2n) is 5.76. The third kappa shape index (κ3) is 4.69. The molecule has 3 nitrogen and oxygen atoms in total. The number of carbonyl (C=O) groups is 1. The maximum Gasteiger partial charge on any atom is 0.246 e. The second-order valence-corrected chi connectivity index (χ2v) is 7.20. The Bertz CT molecular complexity index is 834. The van der Waals surface area contributed by atoms with Crippen LogP contribution < -0.4 is 10.6 Å². The summed E-state index contributed by atoms with van der Waals surface area (Å²) in [7, 11) is 0. The number of anilines is 1. The SMILES string of the molecule is Cc1ccc(NC(=O)[C@@H](NCc2cccs2)c2ccccc2)cc1Cl. The number of nitrogens with one attached hydrogen (secondary N) is 2. The molecule has 1 aromatic heterocycles. The highest BCUT2D eigenvalue weighted by atomic mass is 35.5. The van der Waals surface area contributed by atoms with Crippen LogP contribution in [0.4, 0.5) is 5.69 Å². The molecule has 0 saturated carbocycles. The zero-order valence-corrected chi connectivity index (χ0v) is 15.4. The molecule has 1 atom stereocenters. The van der Waals surface area contributed by atoms with E-state index in [1.165, 1.54) is 4.88 Å². The van der Waals surface area contributed by atoms with Crippen LogP contribution in [-0.4, -0.2) is 5.91 Å². The molecule has 0 unspecified atom stereocenters. The lowest BCUT2D eigenvalue weighted by Gasteiger charge is -2.19. The van der Waals surface area contributed by atoms with Crippen molar-refractivity contribution in [3.63, 3.8) is 0 Å². The lowest BCUT2D eigenvalue weighted by atomic mass is 10.1. The molecule has 0 spiro atoms. The van der Waals surface area contributed by atoms with Crippen molar-refractivity contribution >= 4 is 34.5 Å². The van der Waals surface area contributed by atoms with Crippen molar-refractivity contribution in [3.8, 4) is 0 Å². The van der Waals surface area contributed by atoms with E-state index in [0.29, 0.717) is 17.3 Å². The van der Waals surface area contributed by atoms with Gasteiger partial charge in [0, 0.05) is 22.1 Å². The lowest BCUT2D eigenvalue weighted by Crippen LogP contribution is -2.32. The molecule has 128 valence electrons. The Morgan fingerprint density at radius 1 is 1.12 bits per heavy atom. The lowest BCUT2D eigenvalue weighted by molar-refractivity contribution is -0.118. The predicted molar refractivity (Wildman–Crippen MR) is 105 cm³/mol. The van der Waals surface area contributed by atoms with Gasteiger partial charge in [0.1, 0.15) is 6.04 Å². The number of halogens is 1. The first-order valence-corrected chi connectivity index (χ1v) is 9.27. The highest BCUT2D eigenvalue weighted by Gasteiger charge is 2.20. The Morgan fingerprint density at radius 2 is 1.92 bits per heavy atom. The van der Waals surface area contributed by atoms with E-state index in [0.717, 1.165) is 11.1 Å². The highest BCUT2D eigenvalue weighted by molar-refractivity contribution is 7.09. The van der Waals surface area contributed by atoms with Gasteiger partial charge in [-0.25, -0.2) is 0 Å². The molecule has 5 heteroatoms. The van der Waals surface area contributed by atoms with E-state index in [4.69, 9.17) is 11.6 Å². The fraction of sp³-hybridized carbons (Fsp3) is 0.150. The minimum atomic E-state index is -0.441. The molecule has 1 heterocycles. The largest absolute Gasteiger partial charge is 0.324 e. The molecule has 0 fully saturated rings. The summed E-state index contributed by atoms with van der Waals surface area (Å²) in [6, 6.07) is 18.9. The Labute approximate surface area is 156 Å². The predicted octanol–water partition coefficient (Wildman–Crippen LogP) is 5.18. The summed E-state index contributed by atoms with van der Waals surface area (Å²) in [4.78, 5) is 14.0. The normalized spacial score (nSPS) is 11.9. The van der Waals surface area contributed by atoms with Gasteiger partial charge in [-0.15, -0.1) is 11.3 Å². The quantitative estimate of drug-likeness (QED) is 0.627. The fourth-order valence-corrected chi connectivity index (χ4v) is 3.34. The third-order valence-electron chi connectivity index (χ3n) is 3.89. The average Bonchev–Trinajstić information content (AvgIpc) is 3.13. The molecule has 1 amide bonds. The summed E-state index contributed by atoms with van der Waals surface area (Å²) in [5.74, 6) is -0.109. The van der Waals surface area contributed by atoms with Crippen LogP contribution in [0.15, 0.2) is 66.0 Å². The molecular formula is C20H19ClN2OS. The summed E-state index contributed by atoms with van der Waals surface area (Å²) >= 11 is 7.82. The van der Waals surface area contributed by atoms with Gasteiger partial charge in [0.2, 0.25) is 5.91 Å². The Kier molecular flexibility index (Phi) is 5.87. The molecule has 0 saturated heterocycles. The van der Waals surface area contributed by atoms with E-state index in [2.05, 4.69) is 16.7 Å². The zero-order chi connectivity index (χ0) is 17.6. The Balaban J connectivity index is 1.77. The third-order valence-corrected chi connectivity index (χ3v) is 5.18. The molecule has 25 heavy (non-hydrogen) atoms. The molecule has 3 aromatic rings. The van der Waals surface area contributed by atoms with Crippen LogP contribution in [0.2, 0.25) is 5.02 Å². The van der Waals surface area contributed by atoms with Crippen molar-refractivity contribution in [1.29, 1.82) is 0 Å². The smallest absolute Gasteiger partial charge is 0.246 e. The fourth-order valence-electron chi connectivity index (χ4n) is 2.51. The number of hydrogen-bond acceptors (Lipinski definition) is 3. The molecule has 2 aromatic carbocycles. The maximum atomic E-state index is 12.9. The molecule has 3 rings (SSSR count). The van der Waals surface area contributed by atoms with Gasteiger partial charge in [-0.2, -0.15) is 0 Å². The van der Waals surface area contributed by atoms with Gasteiger partial charge >= 0.3 is 0 Å². The van der Waals surface area contributed by atoms with E-state index in [9.17, 15) is 4.79 Å². The highest BCUT2D eigenvalue weighted by Crippen LogP contribution is 2.22. The average molecular weight is 371 g/mol. The van der Waals surface area contributed by atoms with Crippen molar-refractivity contribution in [1.82, 2.24) is 5.32 Å². The zero-order valence-electron chi connectivity index (χ0n) is 13.8. The molecule has 0 bridgehead atoms. The number of hydrogen-bond donors (Lipinski definition) is 2. The van der Waals surface area contributed by atoms with Crippen LogP contribution in [-0.2, 0) is 11.3 Å². The topological polar surface area (TPSA) is 41.1 Å². The summed E-state index contributed by atoms with van der Waals surface area (Å²) in [6.07, 6.45) is 0. The van der Waals surface area contributed by atoms with Crippen molar-refractivity contribution in [2.75, 3.05) is 5.32 Å². The first-order valence-electron chi connectivity index (χ1n) is 8.01. The maximum absolute atomic E-state index is 12.9. The number of rotatable bonds is 6. The van der Waals surface area contributed by atoms with Gasteiger partial charge < -0.3 is 5.32 Å². The summed E-state index contributed by atoms with van der Waals surface area (Å²) in [6.45, 7) is 2.57. The van der Waals surface area contributed by atoms with Crippen LogP contribution >= 0.6 is 22.9 Å². The van der Waals surface area contributed by atoms with Crippen molar-refractivity contribution < 1.29 is 4.79 Å². The second kappa shape index (κ2) is 8.30. The van der Waals surface area contributed by atoms with E-state index in [1.54, 1.807) is 17.4 Å². The first kappa shape index (κ1) is 17.7. The summed E-state index contributed by atoms with van der Waals surface area (Å²) in [5, 5.41) is 8.98. The number of thiophene rings is 1. The van der Waals surface area contributed by atoms with Crippen LogP contribution in [0.1, 0.15) is 22.0 Å². The Morgan fingerprint density at radius 3 is 2.60 bits per heavy atom. The summed E-state index contributed by atoms with van der Waals surface area (Å²) in [5.41, 5.74) is 2.60. The number of aryl methyl sites for hydroxylation is 1. The van der Waals surface area contributed by atoms with Crippen molar-refractivity contribution in [3.05, 3.63) is 87.1 Å². The van der Waals surface area contributed by atoms with Crippen molar-refractivity contribution in [2.24, 2.45) is 0 Å². The van der Waals surface area contributed by atoms with Crippen LogP contribution in [0.3, 0.4) is 0 Å². The molecule has 0 aliphatic heterocycles. The minimum absolute atomic E-state index is 0.109. The van der Waals surface area contributed by atoms with Gasteiger partial charge in [-0.1, -0.05) is 54.1 Å². The van der Waals surface area contributed by atoms with Gasteiger partial charge in [-0.05, 0) is 41.6 Å². The van der Waals surface area contributed by atoms with E-state index in [1.807, 2.05) is 60.8 Å². The number of amides is 1. The Hall–Kier alpha value is -2.14. The minimum Gasteiger partial charge on any atom is -0.324 e. The number of carbonyl (C=O) groups excluding carboxylic acids is 1. The van der Waals surface area contributed by atoms with Crippen molar-refractivity contribution in [2.45, 2.75) is 19.5 Å². The van der Waals surface area contributed by atoms with Crippen LogP contribution in [0.5, 0.6) is 0 Å². The standard InChI is InChI=1S/C20H19ClN2OS/c1-14-9-10-16(12-18(14)21)23-20(24)19(15-6-3-2-4-7-15)22-13-17-8-5-11-25-17/h2-12,19,22H,13H2,1H3,(H,23,24)/t19-/m0/s1. The molecule has 0 aliphatic carbocycles. The van der Waals surface area contributed by atoms with Gasteiger partial charge in [0.05, 0.1) is 0 Å². The van der Waals surface area contributed by atoms with E-state index >= 15 is 0 Å².